The highest BCUT2D eigenvalue weighted by atomic mass is 32.1. The molecular weight excluding hydrogens is 304 g/mol. The van der Waals surface area contributed by atoms with Crippen LogP contribution >= 0.6 is 11.3 Å². The van der Waals surface area contributed by atoms with Crippen molar-refractivity contribution in [3.63, 3.8) is 0 Å². The Bertz CT molecular complexity index is 791. The van der Waals surface area contributed by atoms with Crippen molar-refractivity contribution in [2.75, 3.05) is 0 Å². The molecule has 4 nitrogen and oxygen atoms in total. The van der Waals surface area contributed by atoms with Gasteiger partial charge in [-0.2, -0.15) is 5.10 Å². The van der Waals surface area contributed by atoms with E-state index in [4.69, 9.17) is 0 Å². The molecule has 0 saturated heterocycles. The van der Waals surface area contributed by atoms with Crippen molar-refractivity contribution in [3.8, 4) is 0 Å². The van der Waals surface area contributed by atoms with Gasteiger partial charge in [-0.3, -0.25) is 10.00 Å². The summed E-state index contributed by atoms with van der Waals surface area (Å²) in [6.07, 6.45) is 5.33. The zero-order valence-corrected chi connectivity index (χ0v) is 14.0. The number of nitrogens with one attached hydrogen (secondary N) is 1. The third-order valence-corrected chi connectivity index (χ3v) is 5.49. The third kappa shape index (κ3) is 2.94. The van der Waals surface area contributed by atoms with Gasteiger partial charge < -0.3 is 0 Å². The molecule has 1 unspecified atom stereocenters. The molecule has 0 aliphatic heterocycles. The van der Waals surface area contributed by atoms with Crippen molar-refractivity contribution in [1.82, 2.24) is 20.1 Å². The Morgan fingerprint density at radius 1 is 1.26 bits per heavy atom. The van der Waals surface area contributed by atoms with Crippen molar-refractivity contribution in [1.29, 1.82) is 0 Å². The molecule has 2 aromatic heterocycles. The first-order valence-corrected chi connectivity index (χ1v) is 8.90. The molecule has 3 aromatic rings. The molecular formula is C18H20N4S. The van der Waals surface area contributed by atoms with E-state index in [2.05, 4.69) is 51.1 Å². The summed E-state index contributed by atoms with van der Waals surface area (Å²) in [4.78, 5) is 5.65. The largest absolute Gasteiger partial charge is 0.298 e. The van der Waals surface area contributed by atoms with Crippen LogP contribution in [0.15, 0.2) is 42.0 Å². The van der Waals surface area contributed by atoms with E-state index in [0.29, 0.717) is 6.54 Å². The SMILES string of the molecule is Cn1ncnc1CNC(c1ccc2c(c1)CCC2)c1cccs1. The van der Waals surface area contributed by atoms with Crippen LogP contribution in [0.4, 0.5) is 0 Å². The summed E-state index contributed by atoms with van der Waals surface area (Å²) in [7, 11) is 1.93. The van der Waals surface area contributed by atoms with Crippen LogP contribution in [0.2, 0.25) is 0 Å². The van der Waals surface area contributed by atoms with Gasteiger partial charge in [-0.25, -0.2) is 4.98 Å². The molecule has 1 aliphatic rings. The van der Waals surface area contributed by atoms with Crippen LogP contribution in [0.25, 0.3) is 0 Å². The van der Waals surface area contributed by atoms with Crippen molar-refractivity contribution < 1.29 is 0 Å². The van der Waals surface area contributed by atoms with Gasteiger partial charge in [-0.1, -0.05) is 24.3 Å². The molecule has 0 radical (unpaired) electrons. The number of thiophene rings is 1. The summed E-state index contributed by atoms with van der Waals surface area (Å²) >= 11 is 1.80. The maximum absolute atomic E-state index is 4.31. The van der Waals surface area contributed by atoms with E-state index in [9.17, 15) is 0 Å². The second-order valence-electron chi connectivity index (χ2n) is 6.01. The van der Waals surface area contributed by atoms with Gasteiger partial charge in [0.15, 0.2) is 0 Å². The van der Waals surface area contributed by atoms with E-state index >= 15 is 0 Å². The van der Waals surface area contributed by atoms with Gasteiger partial charge in [0, 0.05) is 11.9 Å². The van der Waals surface area contributed by atoms with Gasteiger partial charge >= 0.3 is 0 Å². The van der Waals surface area contributed by atoms with Gasteiger partial charge in [-0.15, -0.1) is 11.3 Å². The zero-order chi connectivity index (χ0) is 15.6. The van der Waals surface area contributed by atoms with Crippen molar-refractivity contribution >= 4 is 11.3 Å². The molecule has 0 amide bonds. The Hall–Kier alpha value is -1.98. The van der Waals surface area contributed by atoms with Gasteiger partial charge in [0.25, 0.3) is 0 Å². The summed E-state index contributed by atoms with van der Waals surface area (Å²) in [5, 5.41) is 9.94. The fraction of sp³-hybridized carbons (Fsp3) is 0.333. The topological polar surface area (TPSA) is 42.7 Å². The summed E-state index contributed by atoms with van der Waals surface area (Å²) in [5.74, 6) is 0.952. The number of fused-ring (bicyclic) bond motifs is 1. The first-order valence-electron chi connectivity index (χ1n) is 8.02. The number of aromatic nitrogens is 3. The quantitative estimate of drug-likeness (QED) is 0.783. The maximum atomic E-state index is 4.31. The second-order valence-corrected chi connectivity index (χ2v) is 6.99. The Kier molecular flexibility index (Phi) is 3.97. The first-order chi connectivity index (χ1) is 11.3. The van der Waals surface area contributed by atoms with E-state index in [1.165, 1.54) is 40.8 Å². The molecule has 1 N–H and O–H groups in total. The van der Waals surface area contributed by atoms with Crippen LogP contribution in [0.1, 0.15) is 39.9 Å². The van der Waals surface area contributed by atoms with Gasteiger partial charge in [0.05, 0.1) is 12.6 Å². The van der Waals surface area contributed by atoms with E-state index < -0.39 is 0 Å². The minimum absolute atomic E-state index is 0.206. The van der Waals surface area contributed by atoms with Crippen LogP contribution in [0, 0.1) is 0 Å². The van der Waals surface area contributed by atoms with Crippen LogP contribution in [0.3, 0.4) is 0 Å². The Labute approximate surface area is 140 Å². The van der Waals surface area contributed by atoms with Crippen LogP contribution in [-0.2, 0) is 26.4 Å². The van der Waals surface area contributed by atoms with Crippen LogP contribution in [-0.4, -0.2) is 14.8 Å². The molecule has 23 heavy (non-hydrogen) atoms. The van der Waals surface area contributed by atoms with E-state index in [1.54, 1.807) is 17.7 Å². The average Bonchev–Trinajstić information content (AvgIpc) is 3.29. The van der Waals surface area contributed by atoms with E-state index in [1.807, 2.05) is 11.7 Å². The lowest BCUT2D eigenvalue weighted by Gasteiger charge is -2.19. The molecule has 0 spiro atoms. The number of rotatable bonds is 5. The van der Waals surface area contributed by atoms with E-state index in [0.717, 1.165) is 5.82 Å². The molecule has 0 bridgehead atoms. The van der Waals surface area contributed by atoms with Gasteiger partial charge in [0.1, 0.15) is 12.2 Å². The molecule has 5 heteroatoms. The highest BCUT2D eigenvalue weighted by Gasteiger charge is 2.19. The number of aryl methyl sites for hydroxylation is 3. The predicted octanol–water partition coefficient (Wildman–Crippen LogP) is 3.24. The molecule has 1 atom stereocenters. The fourth-order valence-corrected chi connectivity index (χ4v) is 4.11. The lowest BCUT2D eigenvalue weighted by Crippen LogP contribution is -2.23. The van der Waals surface area contributed by atoms with Gasteiger partial charge in [0.2, 0.25) is 0 Å². The Morgan fingerprint density at radius 2 is 2.17 bits per heavy atom. The minimum Gasteiger partial charge on any atom is -0.298 e. The highest BCUT2D eigenvalue weighted by Crippen LogP contribution is 2.30. The minimum atomic E-state index is 0.206. The number of hydrogen-bond donors (Lipinski definition) is 1. The summed E-state index contributed by atoms with van der Waals surface area (Å²) in [6.45, 7) is 0.705. The molecule has 118 valence electrons. The summed E-state index contributed by atoms with van der Waals surface area (Å²) in [5.41, 5.74) is 4.38. The average molecular weight is 324 g/mol. The van der Waals surface area contributed by atoms with Crippen LogP contribution in [0.5, 0.6) is 0 Å². The monoisotopic (exact) mass is 324 g/mol. The predicted molar refractivity (Wildman–Crippen MR) is 92.5 cm³/mol. The molecule has 1 aromatic carbocycles. The van der Waals surface area contributed by atoms with Gasteiger partial charge in [-0.05, 0) is 47.4 Å². The molecule has 0 saturated carbocycles. The number of nitrogens with zero attached hydrogens (tertiary/aromatic N) is 3. The zero-order valence-electron chi connectivity index (χ0n) is 13.2. The standard InChI is InChI=1S/C18H20N4S/c1-22-17(20-12-21-22)11-19-18(16-6-3-9-23-16)15-8-7-13-4-2-5-14(13)10-15/h3,6-10,12,18-19H,2,4-5,11H2,1H3. The van der Waals surface area contributed by atoms with Crippen molar-refractivity contribution in [2.45, 2.75) is 31.8 Å². The lowest BCUT2D eigenvalue weighted by atomic mass is 10.00. The smallest absolute Gasteiger partial charge is 0.140 e. The molecule has 4 rings (SSSR count). The maximum Gasteiger partial charge on any atom is 0.140 e. The van der Waals surface area contributed by atoms with E-state index in [-0.39, 0.29) is 6.04 Å². The number of benzene rings is 1. The lowest BCUT2D eigenvalue weighted by molar-refractivity contribution is 0.567. The number of hydrogen-bond acceptors (Lipinski definition) is 4. The molecule has 0 fully saturated rings. The molecule has 2 heterocycles. The Balaban J connectivity index is 1.62. The summed E-state index contributed by atoms with van der Waals surface area (Å²) in [6, 6.07) is 11.5. The summed E-state index contributed by atoms with van der Waals surface area (Å²) < 4.78 is 1.82. The highest BCUT2D eigenvalue weighted by molar-refractivity contribution is 7.10. The second kappa shape index (κ2) is 6.26. The molecule has 1 aliphatic carbocycles. The fourth-order valence-electron chi connectivity index (χ4n) is 3.28. The third-order valence-electron chi connectivity index (χ3n) is 4.55. The first kappa shape index (κ1) is 14.6. The van der Waals surface area contributed by atoms with Crippen LogP contribution < -0.4 is 5.32 Å². The van der Waals surface area contributed by atoms with Crippen molar-refractivity contribution in [2.24, 2.45) is 7.05 Å². The normalized spacial score (nSPS) is 14.8. The van der Waals surface area contributed by atoms with Crippen molar-refractivity contribution in [3.05, 3.63) is 69.4 Å². The Morgan fingerprint density at radius 3 is 2.96 bits per heavy atom.